The van der Waals surface area contributed by atoms with Crippen molar-refractivity contribution in [2.45, 2.75) is 12.5 Å². The Labute approximate surface area is 164 Å². The number of nitrogens with zero attached hydrogens (tertiary/aromatic N) is 2. The second kappa shape index (κ2) is 9.11. The van der Waals surface area contributed by atoms with Gasteiger partial charge in [-0.2, -0.15) is 0 Å². The summed E-state index contributed by atoms with van der Waals surface area (Å²) in [5.41, 5.74) is 0.723. The third kappa shape index (κ3) is 4.48. The molecule has 1 aromatic rings. The van der Waals surface area contributed by atoms with E-state index in [4.69, 9.17) is 14.6 Å². The van der Waals surface area contributed by atoms with E-state index in [2.05, 4.69) is 5.32 Å². The molecule has 2 heterocycles. The molecule has 0 aromatic heterocycles. The van der Waals surface area contributed by atoms with Gasteiger partial charge in [0.2, 0.25) is 5.91 Å². The van der Waals surface area contributed by atoms with Crippen LogP contribution >= 0.6 is 0 Å². The lowest BCUT2D eigenvalue weighted by Gasteiger charge is -2.32. The number of ether oxygens (including phenoxy) is 2. The summed E-state index contributed by atoms with van der Waals surface area (Å²) in [6.07, 6.45) is 0.274. The van der Waals surface area contributed by atoms with E-state index in [9.17, 15) is 9.59 Å². The van der Waals surface area contributed by atoms with Crippen molar-refractivity contribution in [2.75, 3.05) is 65.0 Å². The Kier molecular flexibility index (Phi) is 6.58. The molecule has 9 nitrogen and oxygen atoms in total. The first kappa shape index (κ1) is 20.2. The first-order chi connectivity index (χ1) is 13.5. The molecule has 2 aliphatic rings. The summed E-state index contributed by atoms with van der Waals surface area (Å²) in [5.74, 6) is 1.13. The molecule has 0 bridgehead atoms. The van der Waals surface area contributed by atoms with Crippen molar-refractivity contribution >= 4 is 17.6 Å². The zero-order chi connectivity index (χ0) is 20.1. The molecule has 3 N–H and O–H groups in total. The van der Waals surface area contributed by atoms with E-state index in [0.717, 1.165) is 18.8 Å². The minimum Gasteiger partial charge on any atom is -0.493 e. The van der Waals surface area contributed by atoms with E-state index >= 15 is 0 Å². The Balaban J connectivity index is 1.57. The molecule has 2 fully saturated rings. The number of aliphatic hydroxyl groups excluding tert-OH is 1. The van der Waals surface area contributed by atoms with Crippen LogP contribution in [0.15, 0.2) is 18.2 Å². The lowest BCUT2D eigenvalue weighted by atomic mass is 10.2. The van der Waals surface area contributed by atoms with Crippen LogP contribution in [0.25, 0.3) is 0 Å². The molecule has 3 rings (SSSR count). The lowest BCUT2D eigenvalue weighted by molar-refractivity contribution is -0.904. The number of aliphatic hydroxyl groups is 1. The predicted molar refractivity (Wildman–Crippen MR) is 103 cm³/mol. The number of rotatable bonds is 6. The second-order valence-electron chi connectivity index (χ2n) is 7.10. The first-order valence-corrected chi connectivity index (χ1v) is 9.58. The minimum absolute atomic E-state index is 0.0327. The van der Waals surface area contributed by atoms with Crippen molar-refractivity contribution in [2.24, 2.45) is 0 Å². The van der Waals surface area contributed by atoms with Gasteiger partial charge in [0, 0.05) is 24.7 Å². The van der Waals surface area contributed by atoms with Gasteiger partial charge in [0.25, 0.3) is 0 Å². The number of carbonyl (C=O) groups excluding carboxylic acids is 2. The van der Waals surface area contributed by atoms with Gasteiger partial charge in [-0.1, -0.05) is 0 Å². The Morgan fingerprint density at radius 2 is 1.96 bits per heavy atom. The first-order valence-electron chi connectivity index (χ1n) is 9.58. The van der Waals surface area contributed by atoms with Crippen molar-refractivity contribution in [3.8, 4) is 11.5 Å². The van der Waals surface area contributed by atoms with Crippen LogP contribution < -0.4 is 24.6 Å². The molecule has 0 saturated carbocycles. The molecule has 3 amide bonds. The van der Waals surface area contributed by atoms with Crippen LogP contribution in [0.3, 0.4) is 0 Å². The molecule has 154 valence electrons. The molecule has 2 aliphatic heterocycles. The zero-order valence-electron chi connectivity index (χ0n) is 16.4. The third-order valence-corrected chi connectivity index (χ3v) is 5.35. The standard InChI is InChI=1S/C19H28N4O5/c1-27-16-4-3-15(12-17(16)28-2)23-13-14(11-18(23)25)20-19(26)22-7-5-21(6-8-22)9-10-24/h3-4,12,14,24H,5-11,13H2,1-2H3,(H,20,26)/p+1/t14-/m0/s1. The van der Waals surface area contributed by atoms with Crippen molar-refractivity contribution in [3.05, 3.63) is 18.2 Å². The molecule has 28 heavy (non-hydrogen) atoms. The van der Waals surface area contributed by atoms with E-state index in [1.165, 1.54) is 4.90 Å². The quantitative estimate of drug-likeness (QED) is 0.559. The van der Waals surface area contributed by atoms with Crippen molar-refractivity contribution < 1.29 is 29.1 Å². The summed E-state index contributed by atoms with van der Waals surface area (Å²) < 4.78 is 10.5. The Hall–Kier alpha value is -2.52. The molecule has 0 aliphatic carbocycles. The van der Waals surface area contributed by atoms with Gasteiger partial charge in [-0.15, -0.1) is 0 Å². The van der Waals surface area contributed by atoms with E-state index in [1.54, 1.807) is 36.2 Å². The molecule has 0 spiro atoms. The fourth-order valence-electron chi connectivity index (χ4n) is 3.75. The number of hydrogen-bond donors (Lipinski definition) is 3. The monoisotopic (exact) mass is 393 g/mol. The number of carbonyl (C=O) groups is 2. The number of piperazine rings is 1. The van der Waals surface area contributed by atoms with Crippen LogP contribution in [-0.4, -0.2) is 88.1 Å². The van der Waals surface area contributed by atoms with Gasteiger partial charge >= 0.3 is 6.03 Å². The van der Waals surface area contributed by atoms with Crippen LogP contribution in [0.4, 0.5) is 10.5 Å². The van der Waals surface area contributed by atoms with E-state index < -0.39 is 0 Å². The van der Waals surface area contributed by atoms with Gasteiger partial charge in [0.15, 0.2) is 11.5 Å². The molecular weight excluding hydrogens is 364 g/mol. The maximum Gasteiger partial charge on any atom is 0.318 e. The lowest BCUT2D eigenvalue weighted by Crippen LogP contribution is -3.15. The third-order valence-electron chi connectivity index (χ3n) is 5.35. The number of nitrogens with one attached hydrogen (secondary N) is 2. The maximum atomic E-state index is 12.5. The Morgan fingerprint density at radius 3 is 2.61 bits per heavy atom. The van der Waals surface area contributed by atoms with Gasteiger partial charge in [0.1, 0.15) is 6.54 Å². The number of quaternary nitrogens is 1. The largest absolute Gasteiger partial charge is 0.493 e. The van der Waals surface area contributed by atoms with Crippen LogP contribution in [0.2, 0.25) is 0 Å². The molecule has 0 unspecified atom stereocenters. The number of methoxy groups -OCH3 is 2. The highest BCUT2D eigenvalue weighted by Gasteiger charge is 2.33. The van der Waals surface area contributed by atoms with Gasteiger partial charge in [0.05, 0.1) is 53.0 Å². The molecule has 2 saturated heterocycles. The highest BCUT2D eigenvalue weighted by atomic mass is 16.5. The Morgan fingerprint density at radius 1 is 1.25 bits per heavy atom. The van der Waals surface area contributed by atoms with Gasteiger partial charge in [-0.05, 0) is 12.1 Å². The molecule has 0 radical (unpaired) electrons. The topological polar surface area (TPSA) is 95.8 Å². The van der Waals surface area contributed by atoms with Crippen molar-refractivity contribution in [3.63, 3.8) is 0 Å². The molecular formula is C19H29N4O5+. The fourth-order valence-corrected chi connectivity index (χ4v) is 3.75. The van der Waals surface area contributed by atoms with Crippen LogP contribution in [-0.2, 0) is 4.79 Å². The average Bonchev–Trinajstić information content (AvgIpc) is 3.08. The SMILES string of the molecule is COc1ccc(N2C[C@@H](NC(=O)N3CC[NH+](CCO)CC3)CC2=O)cc1OC. The minimum atomic E-state index is -0.226. The number of urea groups is 1. The fraction of sp³-hybridized carbons (Fsp3) is 0.579. The van der Waals surface area contributed by atoms with Crippen LogP contribution in [0, 0.1) is 0 Å². The number of benzene rings is 1. The maximum absolute atomic E-state index is 12.5. The summed E-state index contributed by atoms with van der Waals surface area (Å²) in [6.45, 7) is 4.27. The summed E-state index contributed by atoms with van der Waals surface area (Å²) >= 11 is 0. The average molecular weight is 393 g/mol. The number of anilines is 1. The van der Waals surface area contributed by atoms with E-state index in [1.807, 2.05) is 6.07 Å². The number of amides is 3. The highest BCUT2D eigenvalue weighted by molar-refractivity contribution is 5.97. The highest BCUT2D eigenvalue weighted by Crippen LogP contribution is 2.33. The summed E-state index contributed by atoms with van der Waals surface area (Å²) in [4.78, 5) is 29.8. The van der Waals surface area contributed by atoms with Gasteiger partial charge in [-0.25, -0.2) is 4.79 Å². The Bertz CT molecular complexity index is 706. The van der Waals surface area contributed by atoms with Crippen LogP contribution in [0.1, 0.15) is 6.42 Å². The van der Waals surface area contributed by atoms with Gasteiger partial charge in [-0.3, -0.25) is 4.79 Å². The second-order valence-corrected chi connectivity index (χ2v) is 7.10. The molecule has 1 aromatic carbocycles. The van der Waals surface area contributed by atoms with Crippen LogP contribution in [0.5, 0.6) is 11.5 Å². The van der Waals surface area contributed by atoms with Crippen molar-refractivity contribution in [1.29, 1.82) is 0 Å². The predicted octanol–water partition coefficient (Wildman–Crippen LogP) is -1.29. The number of hydrogen-bond acceptors (Lipinski definition) is 5. The summed E-state index contributed by atoms with van der Waals surface area (Å²) in [6, 6.07) is 4.99. The molecule has 1 atom stereocenters. The van der Waals surface area contributed by atoms with Gasteiger partial charge < -0.3 is 34.6 Å². The molecule has 9 heteroatoms. The normalized spacial score (nSPS) is 20.4. The summed E-state index contributed by atoms with van der Waals surface area (Å²) in [7, 11) is 3.12. The van der Waals surface area contributed by atoms with E-state index in [-0.39, 0.29) is 31.0 Å². The van der Waals surface area contributed by atoms with Crippen molar-refractivity contribution in [1.82, 2.24) is 10.2 Å². The van der Waals surface area contributed by atoms with E-state index in [0.29, 0.717) is 37.7 Å². The smallest absolute Gasteiger partial charge is 0.318 e. The summed E-state index contributed by atoms with van der Waals surface area (Å²) in [5, 5.41) is 12.0. The zero-order valence-corrected chi connectivity index (χ0v) is 16.4.